The topological polar surface area (TPSA) is 128 Å². The second-order valence-corrected chi connectivity index (χ2v) is 6.34. The molecule has 1 aliphatic rings. The molecule has 2 aromatic rings. The number of carboxylic acids is 1. The van der Waals surface area contributed by atoms with Crippen LogP contribution in [0.25, 0.3) is 0 Å². The van der Waals surface area contributed by atoms with Crippen LogP contribution in [0.4, 0.5) is 19.0 Å². The van der Waals surface area contributed by atoms with Crippen LogP contribution in [0.2, 0.25) is 0 Å². The Morgan fingerprint density at radius 3 is 2.41 bits per heavy atom. The number of aromatic nitrogens is 4. The van der Waals surface area contributed by atoms with Gasteiger partial charge in [0.2, 0.25) is 0 Å². The molecule has 0 atom stereocenters. The van der Waals surface area contributed by atoms with Crippen molar-refractivity contribution in [3.63, 3.8) is 0 Å². The number of aliphatic carboxylic acids is 1. The number of nitriles is 1. The second-order valence-electron chi connectivity index (χ2n) is 6.34. The molecule has 0 saturated carbocycles. The summed E-state index contributed by atoms with van der Waals surface area (Å²) in [4.78, 5) is 15.5. The Bertz CT molecular complexity index is 839. The van der Waals surface area contributed by atoms with Gasteiger partial charge < -0.3 is 15.1 Å². The van der Waals surface area contributed by atoms with Gasteiger partial charge in [-0.2, -0.15) is 18.4 Å². The maximum atomic E-state index is 10.6. The zero-order valence-electron chi connectivity index (χ0n) is 15.2. The molecule has 12 heteroatoms. The molecular formula is C17H19F3N6O3. The van der Waals surface area contributed by atoms with Crippen LogP contribution in [0.3, 0.4) is 0 Å². The predicted octanol–water partition coefficient (Wildman–Crippen LogP) is 1.59. The highest BCUT2D eigenvalue weighted by atomic mass is 19.4. The summed E-state index contributed by atoms with van der Waals surface area (Å²) in [6, 6.07) is 5.80. The molecular weight excluding hydrogens is 393 g/mol. The SMILES string of the molecule is N#Cc1ccc(N2CCC(Cn3cc(CO)nn3)CC2)nc1.O=C(O)C(F)(F)F. The zero-order chi connectivity index (χ0) is 21.4. The molecule has 156 valence electrons. The molecule has 0 bridgehead atoms. The number of aliphatic hydroxyl groups is 1. The number of aliphatic hydroxyl groups excluding tert-OH is 1. The van der Waals surface area contributed by atoms with Gasteiger partial charge in [0.25, 0.3) is 0 Å². The Balaban J connectivity index is 0.000000370. The third kappa shape index (κ3) is 6.72. The van der Waals surface area contributed by atoms with E-state index in [1.165, 1.54) is 0 Å². The van der Waals surface area contributed by atoms with Crippen LogP contribution in [-0.4, -0.2) is 55.4 Å². The van der Waals surface area contributed by atoms with E-state index < -0.39 is 12.1 Å². The summed E-state index contributed by atoms with van der Waals surface area (Å²) < 4.78 is 33.5. The fourth-order valence-corrected chi connectivity index (χ4v) is 2.75. The maximum Gasteiger partial charge on any atom is 0.490 e. The summed E-state index contributed by atoms with van der Waals surface area (Å²) in [7, 11) is 0. The zero-order valence-corrected chi connectivity index (χ0v) is 15.2. The van der Waals surface area contributed by atoms with Crippen LogP contribution in [0.15, 0.2) is 24.5 Å². The number of rotatable bonds is 4. The molecule has 0 radical (unpaired) electrons. The van der Waals surface area contributed by atoms with Crippen molar-refractivity contribution in [2.24, 2.45) is 5.92 Å². The van der Waals surface area contributed by atoms with Crippen molar-refractivity contribution in [2.45, 2.75) is 32.2 Å². The summed E-state index contributed by atoms with van der Waals surface area (Å²) in [6.07, 6.45) is 0.466. The van der Waals surface area contributed by atoms with Crippen LogP contribution >= 0.6 is 0 Å². The van der Waals surface area contributed by atoms with Gasteiger partial charge in [-0.15, -0.1) is 5.10 Å². The molecule has 3 rings (SSSR count). The summed E-state index contributed by atoms with van der Waals surface area (Å²) in [6.45, 7) is 2.67. The van der Waals surface area contributed by atoms with Gasteiger partial charge in [0.15, 0.2) is 0 Å². The van der Waals surface area contributed by atoms with E-state index in [9.17, 15) is 13.2 Å². The van der Waals surface area contributed by atoms with Crippen LogP contribution in [-0.2, 0) is 17.9 Å². The van der Waals surface area contributed by atoms with Crippen molar-refractivity contribution in [2.75, 3.05) is 18.0 Å². The molecule has 1 aliphatic heterocycles. The van der Waals surface area contributed by atoms with Crippen LogP contribution in [0, 0.1) is 17.2 Å². The van der Waals surface area contributed by atoms with E-state index in [1.54, 1.807) is 18.5 Å². The standard InChI is InChI=1S/C15H18N6O.C2HF3O2/c16-7-13-1-2-15(17-8-13)20-5-3-12(4-6-20)9-21-10-14(11-22)18-19-21;3-2(4,5)1(6)7/h1-2,8,10,12,22H,3-6,9,11H2;(H,6,7). The second kappa shape index (κ2) is 9.83. The number of carboxylic acid groups (broad SMARTS) is 1. The lowest BCUT2D eigenvalue weighted by Crippen LogP contribution is -2.35. The lowest BCUT2D eigenvalue weighted by atomic mass is 9.97. The number of hydrogen-bond acceptors (Lipinski definition) is 7. The molecule has 2 N–H and O–H groups in total. The lowest BCUT2D eigenvalue weighted by molar-refractivity contribution is -0.192. The quantitative estimate of drug-likeness (QED) is 0.775. The average molecular weight is 412 g/mol. The maximum absolute atomic E-state index is 10.6. The van der Waals surface area contributed by atoms with Gasteiger partial charge in [0.1, 0.15) is 17.6 Å². The van der Waals surface area contributed by atoms with Crippen molar-refractivity contribution in [1.82, 2.24) is 20.0 Å². The molecule has 0 amide bonds. The fourth-order valence-electron chi connectivity index (χ4n) is 2.75. The Hall–Kier alpha value is -3.20. The number of anilines is 1. The molecule has 0 spiro atoms. The Morgan fingerprint density at radius 1 is 1.31 bits per heavy atom. The molecule has 1 fully saturated rings. The number of alkyl halides is 3. The summed E-state index contributed by atoms with van der Waals surface area (Å²) in [5.74, 6) is -1.27. The summed E-state index contributed by atoms with van der Waals surface area (Å²) in [5.41, 5.74) is 1.20. The highest BCUT2D eigenvalue weighted by Gasteiger charge is 2.38. The molecule has 0 unspecified atom stereocenters. The van der Waals surface area contributed by atoms with Crippen molar-refractivity contribution in [3.05, 3.63) is 35.8 Å². The molecule has 0 aromatic carbocycles. The van der Waals surface area contributed by atoms with E-state index in [-0.39, 0.29) is 6.61 Å². The Morgan fingerprint density at radius 2 is 1.97 bits per heavy atom. The van der Waals surface area contributed by atoms with Gasteiger partial charge in [0.05, 0.1) is 18.4 Å². The van der Waals surface area contributed by atoms with Gasteiger partial charge in [-0.25, -0.2) is 9.78 Å². The first kappa shape index (κ1) is 22.1. The normalized spacial score (nSPS) is 14.7. The highest BCUT2D eigenvalue weighted by Crippen LogP contribution is 2.23. The molecule has 29 heavy (non-hydrogen) atoms. The number of pyridine rings is 1. The van der Waals surface area contributed by atoms with E-state index in [1.807, 2.05) is 10.7 Å². The third-order valence-electron chi connectivity index (χ3n) is 4.25. The number of halogens is 3. The van der Waals surface area contributed by atoms with Crippen molar-refractivity contribution >= 4 is 11.8 Å². The number of hydrogen-bond donors (Lipinski definition) is 2. The van der Waals surface area contributed by atoms with Crippen LogP contribution in [0.5, 0.6) is 0 Å². The molecule has 9 nitrogen and oxygen atoms in total. The smallest absolute Gasteiger partial charge is 0.475 e. The van der Waals surface area contributed by atoms with Gasteiger partial charge in [-0.1, -0.05) is 5.21 Å². The monoisotopic (exact) mass is 412 g/mol. The van der Waals surface area contributed by atoms with Crippen LogP contribution in [0.1, 0.15) is 24.1 Å². The first-order chi connectivity index (χ1) is 13.7. The van der Waals surface area contributed by atoms with Crippen LogP contribution < -0.4 is 4.90 Å². The van der Waals surface area contributed by atoms with Crippen molar-refractivity contribution in [3.8, 4) is 6.07 Å². The minimum atomic E-state index is -5.08. The Kier molecular flexibility index (Phi) is 7.49. The summed E-state index contributed by atoms with van der Waals surface area (Å²) in [5, 5.41) is 32.9. The summed E-state index contributed by atoms with van der Waals surface area (Å²) >= 11 is 0. The molecule has 0 aliphatic carbocycles. The number of nitrogens with zero attached hydrogens (tertiary/aromatic N) is 6. The third-order valence-corrected chi connectivity index (χ3v) is 4.25. The number of piperidine rings is 1. The largest absolute Gasteiger partial charge is 0.490 e. The molecule has 3 heterocycles. The Labute approximate surface area is 164 Å². The van der Waals surface area contributed by atoms with E-state index in [0.29, 0.717) is 17.2 Å². The van der Waals surface area contributed by atoms with E-state index in [0.717, 1.165) is 38.3 Å². The van der Waals surface area contributed by atoms with Gasteiger partial charge in [-0.3, -0.25) is 4.68 Å². The first-order valence-electron chi connectivity index (χ1n) is 8.64. The van der Waals surface area contributed by atoms with Gasteiger partial charge in [0, 0.05) is 25.8 Å². The minimum Gasteiger partial charge on any atom is -0.475 e. The first-order valence-corrected chi connectivity index (χ1v) is 8.64. The molecule has 2 aromatic heterocycles. The van der Waals surface area contributed by atoms with E-state index in [4.69, 9.17) is 20.3 Å². The average Bonchev–Trinajstić information content (AvgIpc) is 3.16. The lowest BCUT2D eigenvalue weighted by Gasteiger charge is -2.32. The van der Waals surface area contributed by atoms with Gasteiger partial charge in [-0.05, 0) is 30.9 Å². The molecule has 1 saturated heterocycles. The highest BCUT2D eigenvalue weighted by molar-refractivity contribution is 5.73. The van der Waals surface area contributed by atoms with E-state index in [2.05, 4.69) is 26.3 Å². The predicted molar refractivity (Wildman–Crippen MR) is 93.5 cm³/mol. The van der Waals surface area contributed by atoms with Crippen molar-refractivity contribution < 1.29 is 28.2 Å². The number of carbonyl (C=O) groups is 1. The van der Waals surface area contributed by atoms with E-state index >= 15 is 0 Å². The fraction of sp³-hybridized carbons (Fsp3) is 0.471. The van der Waals surface area contributed by atoms with Gasteiger partial charge >= 0.3 is 12.1 Å². The van der Waals surface area contributed by atoms with Crippen molar-refractivity contribution in [1.29, 1.82) is 5.26 Å². The minimum absolute atomic E-state index is 0.0667.